The van der Waals surface area contributed by atoms with Gasteiger partial charge in [0.05, 0.1) is 12.9 Å². The van der Waals surface area contributed by atoms with E-state index in [2.05, 4.69) is 10.2 Å². The fourth-order valence-electron chi connectivity index (χ4n) is 2.43. The van der Waals surface area contributed by atoms with Crippen LogP contribution in [0.25, 0.3) is 11.4 Å². The first-order chi connectivity index (χ1) is 11.6. The van der Waals surface area contributed by atoms with E-state index in [0.29, 0.717) is 23.9 Å². The second-order valence-corrected chi connectivity index (χ2v) is 6.18. The van der Waals surface area contributed by atoms with Gasteiger partial charge >= 0.3 is 0 Å². The molecule has 1 saturated heterocycles. The van der Waals surface area contributed by atoms with Gasteiger partial charge in [-0.1, -0.05) is 11.8 Å². The molecule has 0 spiro atoms. The minimum Gasteiger partial charge on any atom is -0.497 e. The van der Waals surface area contributed by atoms with Gasteiger partial charge < -0.3 is 10.6 Å². The molecule has 1 aliphatic heterocycles. The van der Waals surface area contributed by atoms with Crippen LogP contribution in [0.2, 0.25) is 0 Å². The molecule has 0 bridgehead atoms. The molecular weight excluding hydrogens is 330 g/mol. The van der Waals surface area contributed by atoms with Crippen molar-refractivity contribution in [3.05, 3.63) is 24.3 Å². The Morgan fingerprint density at radius 3 is 2.71 bits per heavy atom. The second kappa shape index (κ2) is 6.91. The summed E-state index contributed by atoms with van der Waals surface area (Å²) in [5, 5.41) is 8.50. The van der Waals surface area contributed by atoms with E-state index in [1.165, 1.54) is 9.58 Å². The number of aromatic nitrogens is 3. The van der Waals surface area contributed by atoms with E-state index in [-0.39, 0.29) is 17.6 Å². The van der Waals surface area contributed by atoms with Crippen molar-refractivity contribution in [2.75, 3.05) is 25.3 Å². The van der Waals surface area contributed by atoms with Crippen LogP contribution in [0, 0.1) is 0 Å². The lowest BCUT2D eigenvalue weighted by Crippen LogP contribution is -2.33. The molecule has 2 amide bonds. The van der Waals surface area contributed by atoms with Crippen LogP contribution in [0.4, 0.5) is 0 Å². The molecule has 0 unspecified atom stereocenters. The molecule has 8 nitrogen and oxygen atoms in total. The van der Waals surface area contributed by atoms with Gasteiger partial charge in [0.1, 0.15) is 5.75 Å². The van der Waals surface area contributed by atoms with Crippen molar-refractivity contribution < 1.29 is 14.3 Å². The summed E-state index contributed by atoms with van der Waals surface area (Å²) >= 11 is 1.16. The van der Waals surface area contributed by atoms with Gasteiger partial charge in [-0.2, -0.15) is 0 Å². The molecule has 3 rings (SSSR count). The topological polar surface area (TPSA) is 103 Å². The number of hydrogen-bond acceptors (Lipinski definition) is 7. The maximum absolute atomic E-state index is 12.1. The summed E-state index contributed by atoms with van der Waals surface area (Å²) in [5.41, 5.74) is 0.790. The number of carbonyl (C=O) groups is 2. The number of benzene rings is 1. The summed E-state index contributed by atoms with van der Waals surface area (Å²) in [5.74, 6) is 7.00. The number of hydrogen-bond donors (Lipinski definition) is 1. The van der Waals surface area contributed by atoms with E-state index >= 15 is 0 Å². The van der Waals surface area contributed by atoms with Gasteiger partial charge in [-0.15, -0.1) is 10.2 Å². The summed E-state index contributed by atoms with van der Waals surface area (Å²) in [6.07, 6.45) is 1.16. The Hall–Kier alpha value is -2.55. The summed E-state index contributed by atoms with van der Waals surface area (Å²) in [4.78, 5) is 24.9. The zero-order chi connectivity index (χ0) is 17.1. The zero-order valence-corrected chi connectivity index (χ0v) is 14.0. The van der Waals surface area contributed by atoms with Crippen LogP contribution in [-0.4, -0.2) is 51.0 Å². The van der Waals surface area contributed by atoms with Crippen molar-refractivity contribution in [2.24, 2.45) is 0 Å². The van der Waals surface area contributed by atoms with Crippen molar-refractivity contribution in [3.63, 3.8) is 0 Å². The van der Waals surface area contributed by atoms with Gasteiger partial charge in [-0.3, -0.25) is 14.5 Å². The van der Waals surface area contributed by atoms with Crippen LogP contribution in [0.15, 0.2) is 29.4 Å². The fourth-order valence-corrected chi connectivity index (χ4v) is 3.16. The number of carbonyl (C=O) groups excluding carboxylic acids is 2. The Bertz CT molecular complexity index is 759. The van der Waals surface area contributed by atoms with Gasteiger partial charge in [0.25, 0.3) is 0 Å². The van der Waals surface area contributed by atoms with E-state index in [9.17, 15) is 9.59 Å². The first-order valence-corrected chi connectivity index (χ1v) is 8.39. The average Bonchev–Trinajstić information content (AvgIpc) is 3.19. The quantitative estimate of drug-likeness (QED) is 0.633. The Morgan fingerprint density at radius 2 is 2.08 bits per heavy atom. The standard InChI is InChI=1S/C15H17N5O3S/c1-23-11-6-4-10(5-7-11)14-17-18-15(20(14)16)24-9-13(22)19-8-2-3-12(19)21/h4-7H,2-3,8-9,16H2,1H3. The monoisotopic (exact) mass is 347 g/mol. The number of amides is 2. The number of nitrogens with zero attached hydrogens (tertiary/aromatic N) is 4. The Morgan fingerprint density at radius 1 is 1.33 bits per heavy atom. The highest BCUT2D eigenvalue weighted by atomic mass is 32.2. The molecule has 0 atom stereocenters. The molecule has 0 radical (unpaired) electrons. The third-order valence-corrected chi connectivity index (χ3v) is 4.64. The number of ether oxygens (including phenoxy) is 1. The molecule has 126 valence electrons. The number of nitrogen functional groups attached to an aromatic ring is 1. The number of rotatable bonds is 5. The molecule has 1 aromatic carbocycles. The highest BCUT2D eigenvalue weighted by Crippen LogP contribution is 2.24. The lowest BCUT2D eigenvalue weighted by atomic mass is 10.2. The first kappa shape index (κ1) is 16.3. The van der Waals surface area contributed by atoms with E-state index in [1.807, 2.05) is 12.1 Å². The van der Waals surface area contributed by atoms with Crippen LogP contribution in [-0.2, 0) is 9.59 Å². The van der Waals surface area contributed by atoms with Crippen molar-refractivity contribution >= 4 is 23.6 Å². The zero-order valence-electron chi connectivity index (χ0n) is 13.1. The van der Waals surface area contributed by atoms with Crippen molar-refractivity contribution in [2.45, 2.75) is 18.0 Å². The lowest BCUT2D eigenvalue weighted by molar-refractivity contribution is -0.140. The van der Waals surface area contributed by atoms with Gasteiger partial charge in [0.2, 0.25) is 17.0 Å². The molecule has 2 heterocycles. The van der Waals surface area contributed by atoms with Crippen LogP contribution >= 0.6 is 11.8 Å². The van der Waals surface area contributed by atoms with E-state index in [0.717, 1.165) is 29.5 Å². The SMILES string of the molecule is COc1ccc(-c2nnc(SCC(=O)N3CCCC3=O)n2N)cc1. The van der Waals surface area contributed by atoms with Gasteiger partial charge in [-0.25, -0.2) is 4.68 Å². The van der Waals surface area contributed by atoms with Crippen LogP contribution in [0.5, 0.6) is 5.75 Å². The number of thioether (sulfide) groups is 1. The lowest BCUT2D eigenvalue weighted by Gasteiger charge is -2.12. The highest BCUT2D eigenvalue weighted by molar-refractivity contribution is 7.99. The predicted molar refractivity (Wildman–Crippen MR) is 88.8 cm³/mol. The average molecular weight is 347 g/mol. The molecule has 1 aromatic heterocycles. The smallest absolute Gasteiger partial charge is 0.239 e. The minimum absolute atomic E-state index is 0.101. The van der Waals surface area contributed by atoms with Crippen molar-refractivity contribution in [1.82, 2.24) is 19.8 Å². The molecule has 1 fully saturated rings. The van der Waals surface area contributed by atoms with E-state index in [4.69, 9.17) is 10.6 Å². The highest BCUT2D eigenvalue weighted by Gasteiger charge is 2.26. The number of methoxy groups -OCH3 is 1. The Kier molecular flexibility index (Phi) is 4.70. The Balaban J connectivity index is 1.68. The minimum atomic E-state index is -0.225. The normalized spacial score (nSPS) is 14.2. The van der Waals surface area contributed by atoms with Crippen molar-refractivity contribution in [3.8, 4) is 17.1 Å². The molecule has 0 aliphatic carbocycles. The molecule has 0 saturated carbocycles. The predicted octanol–water partition coefficient (Wildman–Crippen LogP) is 0.909. The van der Waals surface area contributed by atoms with Crippen LogP contribution in [0.3, 0.4) is 0 Å². The first-order valence-electron chi connectivity index (χ1n) is 7.41. The summed E-state index contributed by atoms with van der Waals surface area (Å²) in [7, 11) is 1.59. The second-order valence-electron chi connectivity index (χ2n) is 5.24. The molecule has 24 heavy (non-hydrogen) atoms. The number of imide groups is 1. The third kappa shape index (κ3) is 3.21. The van der Waals surface area contributed by atoms with Gasteiger partial charge in [0, 0.05) is 18.5 Å². The number of likely N-dealkylation sites (tertiary alicyclic amines) is 1. The molecule has 9 heteroatoms. The van der Waals surface area contributed by atoms with Crippen molar-refractivity contribution in [1.29, 1.82) is 0 Å². The largest absolute Gasteiger partial charge is 0.497 e. The molecule has 1 aliphatic rings. The molecule has 2 aromatic rings. The fraction of sp³-hybridized carbons (Fsp3) is 0.333. The summed E-state index contributed by atoms with van der Waals surface area (Å²) in [6.45, 7) is 0.491. The van der Waals surface area contributed by atoms with Crippen LogP contribution < -0.4 is 10.6 Å². The third-order valence-electron chi connectivity index (χ3n) is 3.71. The van der Waals surface area contributed by atoms with Gasteiger partial charge in [0.15, 0.2) is 5.82 Å². The molecular formula is C15H17N5O3S. The Labute approximate surface area is 142 Å². The summed E-state index contributed by atoms with van der Waals surface area (Å²) in [6, 6.07) is 7.27. The maximum atomic E-state index is 12.1. The number of nitrogens with two attached hydrogens (primary N) is 1. The van der Waals surface area contributed by atoms with Gasteiger partial charge in [-0.05, 0) is 30.7 Å². The maximum Gasteiger partial charge on any atom is 0.239 e. The summed E-state index contributed by atoms with van der Waals surface area (Å²) < 4.78 is 6.45. The van der Waals surface area contributed by atoms with E-state index in [1.54, 1.807) is 19.2 Å². The molecule has 2 N–H and O–H groups in total. The van der Waals surface area contributed by atoms with E-state index < -0.39 is 0 Å². The van der Waals surface area contributed by atoms with Crippen LogP contribution in [0.1, 0.15) is 12.8 Å².